The molecular weight excluding hydrogens is 1720 g/mol. The average Bonchev–Trinajstić information content (AvgIpc) is 0.725. The van der Waals surface area contributed by atoms with Crippen LogP contribution in [0.4, 0.5) is 5.69 Å². The SMILES string of the molecule is BrC12CC3CC(CC(C3)C1)C2.BrCCCOc1ccccc1.C.Clc1ccc(NC2CCN(CCCOc3ccccc3)CC2)cc1.O=C1CCN(CCCOc2ccccc2)CC1.O=C1CCNCC1.OC1(C23CC4CC(CC(C4)C2)C3)CCN(Br)CC1.OCCCBr.OCCCN1CCC(O)(C23CC4CC(CC(C4)C2)C3)CC1. The number of piperidine rings is 5. The first-order chi connectivity index (χ1) is 55.3. The molecule has 4 aromatic carbocycles. The highest BCUT2D eigenvalue weighted by atomic mass is 79.9. The first kappa shape index (κ1) is 94.5. The van der Waals surface area contributed by atoms with E-state index in [1.165, 1.54) is 109 Å². The Morgan fingerprint density at radius 3 is 1.12 bits per heavy atom. The fourth-order valence-electron chi connectivity index (χ4n) is 23.3. The summed E-state index contributed by atoms with van der Waals surface area (Å²) < 4.78 is 19.6. The number of aliphatic hydroxyl groups is 4. The lowest BCUT2D eigenvalue weighted by Gasteiger charge is -2.63. The molecule has 0 amide bonds. The summed E-state index contributed by atoms with van der Waals surface area (Å²) in [6.45, 7) is 16.0. The van der Waals surface area contributed by atoms with Crippen LogP contribution in [0.15, 0.2) is 115 Å². The molecule has 115 heavy (non-hydrogen) atoms. The second-order valence-corrected chi connectivity index (χ2v) is 41.5. The molecule has 4 aromatic rings. The predicted octanol–water partition coefficient (Wildman–Crippen LogP) is 20.1. The number of aliphatic hydroxyl groups excluding tert-OH is 2. The van der Waals surface area contributed by atoms with Gasteiger partial charge in [0.05, 0.1) is 31.0 Å². The summed E-state index contributed by atoms with van der Waals surface area (Å²) in [6.07, 6.45) is 39.9. The molecule has 0 spiro atoms. The van der Waals surface area contributed by atoms with Crippen LogP contribution < -0.4 is 24.8 Å². The van der Waals surface area contributed by atoms with Crippen molar-refractivity contribution in [3.05, 3.63) is 120 Å². The summed E-state index contributed by atoms with van der Waals surface area (Å²) in [5.41, 5.74) is 0.987. The molecule has 0 unspecified atom stereocenters. The minimum Gasteiger partial charge on any atom is -0.494 e. The highest BCUT2D eigenvalue weighted by Gasteiger charge is 2.62. The van der Waals surface area contributed by atoms with Crippen LogP contribution >= 0.6 is 75.5 Å². The minimum absolute atomic E-state index is 0. The maximum Gasteiger partial charge on any atom is 0.135 e. The molecule has 5 heterocycles. The normalized spacial score (nSPS) is 30.5. The standard InChI is InChI=1S/C20H25ClN2O.C18H31NO2.C15H24BrNO.C14H19NO2.C10H15Br.C9H11BrO.C5H9NO.C3H7BrO.CH4/c21-17-7-9-18(10-8-17)22-19-11-14-23(15-12-19)13-4-16-24-20-5-2-1-3-6-20;20-7-1-4-19-5-2-18(21,3-6-19)17-11-14-8-15(12-17)10-16(9-14)13-17;16-17-3-1-15(18,2-4-17)14-8-11-5-12(9-14)7-13(6-11)10-14;16-13-7-10-15(11-8-13)9-4-12-17-14-5-2-1-3-6-14;11-10-4-7-1-8(5-10)3-9(2-7)6-10;10-7-4-8-11-9-5-2-1-3-6-9;7-5-1-3-6-4-2-5;4-2-1-3-5;/h1-3,5-10,19,22H,4,11-16H2;14-16,20-21H,1-13H2;11-13,18H,1-10H2;1-3,5-6H,4,7-12H2;7-9H,1-6H2;1-3,5-6H,4,7-8H2;6H,1-4H2;5H,1-3H2;1H4. The topological polar surface area (TPSA) is 180 Å². The van der Waals surface area contributed by atoms with E-state index >= 15 is 0 Å². The van der Waals surface area contributed by atoms with Crippen LogP contribution in [0.5, 0.6) is 17.2 Å². The highest BCUT2D eigenvalue weighted by molar-refractivity contribution is 9.10. The maximum atomic E-state index is 11.5. The Labute approximate surface area is 731 Å². The zero-order valence-corrected chi connectivity index (χ0v) is 75.8. The van der Waals surface area contributed by atoms with E-state index in [-0.39, 0.29) is 25.0 Å². The first-order valence-electron chi connectivity index (χ1n) is 44.7. The first-order valence-corrected chi connectivity index (χ1v) is 48.8. The Balaban J connectivity index is 0.000000144. The number of Topliss-reactive ketones (excluding diaryl/α,β-unsaturated/α-hetero) is 2. The van der Waals surface area contributed by atoms with Crippen molar-refractivity contribution >= 4 is 92.8 Å². The molecule has 15 nitrogen and oxygen atoms in total. The van der Waals surface area contributed by atoms with Gasteiger partial charge >= 0.3 is 0 Å². The largest absolute Gasteiger partial charge is 0.494 e. The van der Waals surface area contributed by atoms with E-state index in [1.54, 1.807) is 19.3 Å². The van der Waals surface area contributed by atoms with Crippen molar-refractivity contribution in [3.63, 3.8) is 0 Å². The van der Waals surface area contributed by atoms with Crippen LogP contribution in [0.2, 0.25) is 5.02 Å². The number of carbonyl (C=O) groups is 2. The van der Waals surface area contributed by atoms with Gasteiger partial charge in [-0.3, -0.25) is 9.59 Å². The number of carbonyl (C=O) groups excluding carboxylic acids is 2. The summed E-state index contributed by atoms with van der Waals surface area (Å²) in [6, 6.07) is 38.3. The monoisotopic (exact) mass is 1860 g/mol. The lowest BCUT2D eigenvalue weighted by Crippen LogP contribution is -2.61. The summed E-state index contributed by atoms with van der Waals surface area (Å²) in [5.74, 6) is 12.6. The van der Waals surface area contributed by atoms with Crippen LogP contribution in [-0.4, -0.2) is 201 Å². The Kier molecular flexibility index (Phi) is 39.7. The summed E-state index contributed by atoms with van der Waals surface area (Å²) in [7, 11) is 0. The van der Waals surface area contributed by atoms with Gasteiger partial charge in [0.25, 0.3) is 0 Å². The number of benzene rings is 4. The van der Waals surface area contributed by atoms with Crippen LogP contribution in [-0.2, 0) is 9.59 Å². The number of anilines is 1. The Morgan fingerprint density at radius 1 is 0.435 bits per heavy atom. The number of halogens is 5. The van der Waals surface area contributed by atoms with E-state index < -0.39 is 5.60 Å². The van der Waals surface area contributed by atoms with Crippen molar-refractivity contribution in [2.24, 2.45) is 64.1 Å². The van der Waals surface area contributed by atoms with Crippen LogP contribution in [0, 0.1) is 64.1 Å². The zero-order chi connectivity index (χ0) is 80.1. The predicted molar refractivity (Wildman–Crippen MR) is 486 cm³/mol. The van der Waals surface area contributed by atoms with Crippen molar-refractivity contribution in [2.45, 2.75) is 241 Å². The third-order valence-electron chi connectivity index (χ3n) is 28.1. The lowest BCUT2D eigenvalue weighted by atomic mass is 9.44. The fourth-order valence-corrected chi connectivity index (χ4v) is 25.7. The molecule has 6 N–H and O–H groups in total. The minimum atomic E-state index is -0.390. The van der Waals surface area contributed by atoms with Gasteiger partial charge in [-0.25, -0.2) is 3.93 Å². The second kappa shape index (κ2) is 48.4. The molecule has 644 valence electrons. The van der Waals surface area contributed by atoms with Crippen molar-refractivity contribution in [1.82, 2.24) is 23.9 Å². The Bertz CT molecular complexity index is 3240. The number of ketones is 2. The highest BCUT2D eigenvalue weighted by Crippen LogP contribution is 2.67. The Hall–Kier alpha value is -2.73. The van der Waals surface area contributed by atoms with Crippen LogP contribution in [0.1, 0.15) is 219 Å². The molecule has 0 radical (unpaired) electrons. The maximum absolute atomic E-state index is 11.5. The fraction of sp³-hybridized carbons (Fsp3) is 0.726. The Morgan fingerprint density at radius 2 is 0.774 bits per heavy atom. The number of nitrogens with zero attached hydrogens (tertiary/aromatic N) is 4. The molecule has 5 aliphatic heterocycles. The number of para-hydroxylation sites is 3. The number of nitrogens with one attached hydrogen (secondary N) is 2. The van der Waals surface area contributed by atoms with Crippen molar-refractivity contribution in [3.8, 4) is 17.2 Å². The molecular formula is C95H145Br4ClN6O9. The zero-order valence-electron chi connectivity index (χ0n) is 68.7. The molecule has 12 aliphatic carbocycles. The van der Waals surface area contributed by atoms with E-state index in [0.717, 1.165) is 280 Å². The third kappa shape index (κ3) is 29.8. The van der Waals surface area contributed by atoms with Gasteiger partial charge in [-0.15, -0.1) is 0 Å². The number of likely N-dealkylation sites (tertiary alicyclic amines) is 3. The molecule has 17 fully saturated rings. The van der Waals surface area contributed by atoms with Gasteiger partial charge in [0.2, 0.25) is 0 Å². The lowest BCUT2D eigenvalue weighted by molar-refractivity contribution is -0.196. The van der Waals surface area contributed by atoms with E-state index in [9.17, 15) is 19.8 Å². The smallest absolute Gasteiger partial charge is 0.135 e. The van der Waals surface area contributed by atoms with Gasteiger partial charge in [0.15, 0.2) is 0 Å². The number of ether oxygens (including phenoxy) is 3. The summed E-state index contributed by atoms with van der Waals surface area (Å²) >= 11 is 20.0. The molecule has 21 rings (SSSR count). The number of hydrogen-bond donors (Lipinski definition) is 6. The number of hydrogen-bond acceptors (Lipinski definition) is 15. The van der Waals surface area contributed by atoms with Crippen molar-refractivity contribution < 1.29 is 44.2 Å². The molecule has 12 bridgehead atoms. The third-order valence-corrected chi connectivity index (χ3v) is 31.1. The van der Waals surface area contributed by atoms with Crippen molar-refractivity contribution in [1.29, 1.82) is 0 Å². The molecule has 0 atom stereocenters. The molecule has 5 saturated heterocycles. The van der Waals surface area contributed by atoms with Gasteiger partial charge in [-0.1, -0.05) is 121 Å². The van der Waals surface area contributed by atoms with E-state index in [4.69, 9.17) is 36.0 Å². The molecule has 0 aromatic heterocycles. The van der Waals surface area contributed by atoms with Crippen LogP contribution in [0.3, 0.4) is 0 Å². The number of rotatable bonds is 23. The second-order valence-electron chi connectivity index (χ2n) is 36.8. The van der Waals surface area contributed by atoms with Gasteiger partial charge in [0, 0.05) is 183 Å². The quantitative estimate of drug-likeness (QED) is 0.0234. The van der Waals surface area contributed by atoms with E-state index in [2.05, 4.69) is 105 Å². The van der Waals surface area contributed by atoms with Gasteiger partial charge in [-0.2, -0.15) is 0 Å². The van der Waals surface area contributed by atoms with Crippen LogP contribution in [0.25, 0.3) is 0 Å². The molecule has 17 aliphatic rings. The summed E-state index contributed by atoms with van der Waals surface area (Å²) in [5, 5.41) is 49.2. The van der Waals surface area contributed by atoms with E-state index in [0.29, 0.717) is 34.0 Å². The molecule has 20 heteroatoms. The number of alkyl halides is 3. The average molecular weight is 1870 g/mol. The molecule has 12 saturated carbocycles. The van der Waals surface area contributed by atoms with E-state index in [1.807, 2.05) is 103 Å². The van der Waals surface area contributed by atoms with Gasteiger partial charge < -0.3 is 60.0 Å². The van der Waals surface area contributed by atoms with Crippen molar-refractivity contribution in [2.75, 3.05) is 134 Å². The summed E-state index contributed by atoms with van der Waals surface area (Å²) in [4.78, 5) is 28.8. The van der Waals surface area contributed by atoms with Gasteiger partial charge in [0.1, 0.15) is 28.8 Å². The van der Waals surface area contributed by atoms with Gasteiger partial charge in [-0.05, 0) is 300 Å².